The number of fused-ring (bicyclic) bond motifs is 1. The summed E-state index contributed by atoms with van der Waals surface area (Å²) >= 11 is 0. The lowest BCUT2D eigenvalue weighted by Gasteiger charge is -2.28. The number of pyridine rings is 1. The van der Waals surface area contributed by atoms with Crippen LogP contribution in [-0.2, 0) is 24.1 Å². The first kappa shape index (κ1) is 15.2. The molecule has 0 aliphatic carbocycles. The van der Waals surface area contributed by atoms with Crippen molar-refractivity contribution in [2.24, 2.45) is 5.73 Å². The van der Waals surface area contributed by atoms with E-state index in [1.807, 2.05) is 18.2 Å². The molecule has 22 heavy (non-hydrogen) atoms. The minimum absolute atomic E-state index is 0.285. The molecule has 0 amide bonds. The van der Waals surface area contributed by atoms with Gasteiger partial charge in [-0.1, -0.05) is 30.3 Å². The summed E-state index contributed by atoms with van der Waals surface area (Å²) in [6.07, 6.45) is 3.28. The fraction of sp³-hybridized carbons (Fsp3) is 0.389. The highest BCUT2D eigenvalue weighted by molar-refractivity contribution is 5.28. The Bertz CT molecular complexity index is 588. The van der Waals surface area contributed by atoms with Gasteiger partial charge in [-0.25, -0.2) is 0 Å². The minimum Gasteiger partial charge on any atom is -0.362 e. The molecule has 0 radical (unpaired) electrons. The summed E-state index contributed by atoms with van der Waals surface area (Å²) in [6.45, 7) is 3.69. The van der Waals surface area contributed by atoms with Crippen molar-refractivity contribution in [1.29, 1.82) is 0 Å². The Morgan fingerprint density at radius 1 is 1.14 bits per heavy atom. The Morgan fingerprint density at radius 3 is 2.77 bits per heavy atom. The largest absolute Gasteiger partial charge is 0.362 e. The summed E-state index contributed by atoms with van der Waals surface area (Å²) in [5.74, 6) is 0. The molecule has 116 valence electrons. The molecular formula is C18H23N3O. The van der Waals surface area contributed by atoms with Crippen molar-refractivity contribution in [2.45, 2.75) is 25.6 Å². The highest BCUT2D eigenvalue weighted by atomic mass is 16.5. The molecule has 0 fully saturated rings. The summed E-state index contributed by atoms with van der Waals surface area (Å²) in [5.41, 5.74) is 9.91. The Kier molecular flexibility index (Phi) is 5.16. The molecule has 3 rings (SSSR count). The normalized spacial score (nSPS) is 16.2. The molecule has 1 aliphatic rings. The van der Waals surface area contributed by atoms with E-state index in [1.165, 1.54) is 11.1 Å². The summed E-state index contributed by atoms with van der Waals surface area (Å²) in [6, 6.07) is 14.5. The summed E-state index contributed by atoms with van der Waals surface area (Å²) in [4.78, 5) is 6.70. The van der Waals surface area contributed by atoms with E-state index in [4.69, 9.17) is 10.5 Å². The van der Waals surface area contributed by atoms with Gasteiger partial charge >= 0.3 is 0 Å². The van der Waals surface area contributed by atoms with Gasteiger partial charge in [0.25, 0.3) is 0 Å². The molecule has 2 N–H and O–H groups in total. The first-order valence-corrected chi connectivity index (χ1v) is 7.87. The van der Waals surface area contributed by atoms with Gasteiger partial charge in [-0.3, -0.25) is 9.88 Å². The van der Waals surface area contributed by atoms with Crippen molar-refractivity contribution in [3.8, 4) is 0 Å². The average molecular weight is 297 g/mol. The second-order valence-electron chi connectivity index (χ2n) is 5.73. The van der Waals surface area contributed by atoms with Crippen LogP contribution >= 0.6 is 0 Å². The fourth-order valence-corrected chi connectivity index (χ4v) is 2.86. The van der Waals surface area contributed by atoms with Gasteiger partial charge in [0.1, 0.15) is 6.23 Å². The fourth-order valence-electron chi connectivity index (χ4n) is 2.86. The zero-order chi connectivity index (χ0) is 15.2. The molecule has 1 aromatic carbocycles. The topological polar surface area (TPSA) is 51.4 Å². The molecule has 1 unspecified atom stereocenters. The van der Waals surface area contributed by atoms with Gasteiger partial charge in [0, 0.05) is 37.9 Å². The van der Waals surface area contributed by atoms with Gasteiger partial charge in [0.2, 0.25) is 0 Å². The molecule has 1 atom stereocenters. The van der Waals surface area contributed by atoms with Crippen LogP contribution in [0.15, 0.2) is 48.7 Å². The smallest absolute Gasteiger partial charge is 0.111 e. The van der Waals surface area contributed by atoms with E-state index < -0.39 is 0 Å². The summed E-state index contributed by atoms with van der Waals surface area (Å²) in [5, 5.41) is 0. The van der Waals surface area contributed by atoms with Crippen LogP contribution < -0.4 is 5.73 Å². The number of hydrogen-bond donors (Lipinski definition) is 1. The standard InChI is InChI=1S/C18H23N3O/c19-18(13-17-7-3-4-9-20-17)22-12-11-21-10-8-15-5-1-2-6-16(15)14-21/h1-7,9,18H,8,10-14,19H2. The van der Waals surface area contributed by atoms with Gasteiger partial charge in [0.15, 0.2) is 0 Å². The highest BCUT2D eigenvalue weighted by Crippen LogP contribution is 2.17. The van der Waals surface area contributed by atoms with Crippen LogP contribution in [0.3, 0.4) is 0 Å². The van der Waals surface area contributed by atoms with Crippen LogP contribution in [0.25, 0.3) is 0 Å². The van der Waals surface area contributed by atoms with Crippen LogP contribution in [0, 0.1) is 0 Å². The predicted octanol–water partition coefficient (Wildman–Crippen LogP) is 1.98. The zero-order valence-electron chi connectivity index (χ0n) is 12.8. The Hall–Kier alpha value is -1.75. The van der Waals surface area contributed by atoms with E-state index in [2.05, 4.69) is 34.1 Å². The number of ether oxygens (including phenoxy) is 1. The summed E-state index contributed by atoms with van der Waals surface area (Å²) < 4.78 is 5.73. The third-order valence-corrected chi connectivity index (χ3v) is 4.09. The SMILES string of the molecule is NC(Cc1ccccn1)OCCN1CCc2ccccc2C1. The number of nitrogens with zero attached hydrogens (tertiary/aromatic N) is 2. The van der Waals surface area contributed by atoms with Crippen LogP contribution in [-0.4, -0.2) is 35.8 Å². The van der Waals surface area contributed by atoms with E-state index in [0.29, 0.717) is 13.0 Å². The molecule has 0 saturated carbocycles. The van der Waals surface area contributed by atoms with Gasteiger partial charge in [-0.2, -0.15) is 0 Å². The number of hydrogen-bond acceptors (Lipinski definition) is 4. The molecule has 1 aromatic heterocycles. The maximum absolute atomic E-state index is 6.02. The molecule has 2 heterocycles. The van der Waals surface area contributed by atoms with Crippen molar-refractivity contribution in [3.05, 3.63) is 65.5 Å². The number of aromatic nitrogens is 1. The van der Waals surface area contributed by atoms with E-state index in [1.54, 1.807) is 6.20 Å². The first-order chi connectivity index (χ1) is 10.8. The maximum Gasteiger partial charge on any atom is 0.111 e. The molecule has 2 aromatic rings. The molecule has 1 aliphatic heterocycles. The zero-order valence-corrected chi connectivity index (χ0v) is 12.8. The Labute approximate surface area is 131 Å². The third kappa shape index (κ3) is 4.13. The second kappa shape index (κ2) is 7.49. The number of rotatable bonds is 6. The minimum atomic E-state index is -0.285. The van der Waals surface area contributed by atoms with Gasteiger partial charge in [0.05, 0.1) is 6.61 Å². The Balaban J connectivity index is 1.40. The van der Waals surface area contributed by atoms with E-state index >= 15 is 0 Å². The van der Waals surface area contributed by atoms with Gasteiger partial charge in [-0.05, 0) is 29.7 Å². The maximum atomic E-state index is 6.02. The van der Waals surface area contributed by atoms with Crippen molar-refractivity contribution < 1.29 is 4.74 Å². The lowest BCUT2D eigenvalue weighted by atomic mass is 10.0. The molecule has 0 saturated heterocycles. The Morgan fingerprint density at radius 2 is 1.95 bits per heavy atom. The van der Waals surface area contributed by atoms with Crippen LogP contribution in [0.4, 0.5) is 0 Å². The molecule has 0 bridgehead atoms. The van der Waals surface area contributed by atoms with Crippen LogP contribution in [0.5, 0.6) is 0 Å². The summed E-state index contributed by atoms with van der Waals surface area (Å²) in [7, 11) is 0. The molecule has 4 nitrogen and oxygen atoms in total. The lowest BCUT2D eigenvalue weighted by molar-refractivity contribution is 0.0387. The van der Waals surface area contributed by atoms with Crippen molar-refractivity contribution in [2.75, 3.05) is 19.7 Å². The highest BCUT2D eigenvalue weighted by Gasteiger charge is 2.15. The number of benzene rings is 1. The van der Waals surface area contributed by atoms with Crippen LogP contribution in [0.1, 0.15) is 16.8 Å². The van der Waals surface area contributed by atoms with E-state index in [-0.39, 0.29) is 6.23 Å². The predicted molar refractivity (Wildman–Crippen MR) is 87.3 cm³/mol. The lowest BCUT2D eigenvalue weighted by Crippen LogP contribution is -2.35. The monoisotopic (exact) mass is 297 g/mol. The molecular weight excluding hydrogens is 274 g/mol. The third-order valence-electron chi connectivity index (χ3n) is 4.09. The van der Waals surface area contributed by atoms with Crippen molar-refractivity contribution in [1.82, 2.24) is 9.88 Å². The van der Waals surface area contributed by atoms with E-state index in [9.17, 15) is 0 Å². The van der Waals surface area contributed by atoms with Crippen molar-refractivity contribution >= 4 is 0 Å². The first-order valence-electron chi connectivity index (χ1n) is 7.87. The van der Waals surface area contributed by atoms with E-state index in [0.717, 1.165) is 31.7 Å². The molecule has 0 spiro atoms. The molecule has 4 heteroatoms. The van der Waals surface area contributed by atoms with Crippen LogP contribution in [0.2, 0.25) is 0 Å². The average Bonchev–Trinajstić information content (AvgIpc) is 2.55. The second-order valence-corrected chi connectivity index (χ2v) is 5.73. The number of nitrogens with two attached hydrogens (primary N) is 1. The quantitative estimate of drug-likeness (QED) is 0.828. The van der Waals surface area contributed by atoms with Crippen molar-refractivity contribution in [3.63, 3.8) is 0 Å². The van der Waals surface area contributed by atoms with Gasteiger partial charge in [-0.15, -0.1) is 0 Å². The van der Waals surface area contributed by atoms with Gasteiger partial charge < -0.3 is 10.5 Å².